The van der Waals surface area contributed by atoms with Crippen LogP contribution in [0.25, 0.3) is 11.1 Å². The van der Waals surface area contributed by atoms with Gasteiger partial charge in [0.2, 0.25) is 10.6 Å². The van der Waals surface area contributed by atoms with Crippen LogP contribution in [0.15, 0.2) is 35.6 Å². The maximum Gasteiger partial charge on any atom is 0.299 e. The standard InChI is InChI=1S/C15H14F2N6S/c1-2-9-3-5-10(6-4-9)11-7-18-20-12(11)8-19-23-14(13(16)17)21-22-15(23)24/h3-8,13H,2H2,1H3,(H,18,20)(H,22,24)/b19-8-. The van der Waals surface area contributed by atoms with Crippen molar-refractivity contribution in [2.45, 2.75) is 19.8 Å². The molecule has 0 radical (unpaired) electrons. The van der Waals surface area contributed by atoms with Crippen LogP contribution in [0.3, 0.4) is 0 Å². The Balaban J connectivity index is 1.94. The van der Waals surface area contributed by atoms with Crippen molar-refractivity contribution in [3.63, 3.8) is 0 Å². The minimum absolute atomic E-state index is 0.00471. The molecule has 1 aromatic carbocycles. The number of nitrogens with one attached hydrogen (secondary N) is 2. The number of alkyl halides is 2. The van der Waals surface area contributed by atoms with Crippen molar-refractivity contribution >= 4 is 18.4 Å². The van der Waals surface area contributed by atoms with E-state index in [1.54, 1.807) is 6.20 Å². The van der Waals surface area contributed by atoms with Crippen molar-refractivity contribution in [2.24, 2.45) is 5.10 Å². The quantitative estimate of drug-likeness (QED) is 0.545. The van der Waals surface area contributed by atoms with Crippen LogP contribution in [0.2, 0.25) is 0 Å². The first-order valence-corrected chi connectivity index (χ1v) is 7.63. The van der Waals surface area contributed by atoms with Crippen LogP contribution in [0.5, 0.6) is 0 Å². The van der Waals surface area contributed by atoms with E-state index in [0.29, 0.717) is 5.69 Å². The molecule has 0 atom stereocenters. The van der Waals surface area contributed by atoms with Crippen LogP contribution in [0, 0.1) is 4.77 Å². The molecular formula is C15H14F2N6S. The molecule has 0 fully saturated rings. The van der Waals surface area contributed by atoms with Gasteiger partial charge in [-0.2, -0.15) is 20.0 Å². The summed E-state index contributed by atoms with van der Waals surface area (Å²) >= 11 is 4.91. The average Bonchev–Trinajstić information content (AvgIpc) is 3.19. The number of halogens is 2. The van der Waals surface area contributed by atoms with Gasteiger partial charge in [-0.3, -0.25) is 5.10 Å². The largest absolute Gasteiger partial charge is 0.299 e. The fourth-order valence-corrected chi connectivity index (χ4v) is 2.40. The maximum atomic E-state index is 12.9. The molecule has 24 heavy (non-hydrogen) atoms. The second kappa shape index (κ2) is 6.83. The van der Waals surface area contributed by atoms with E-state index in [-0.39, 0.29) is 4.77 Å². The third-order valence-electron chi connectivity index (χ3n) is 3.51. The van der Waals surface area contributed by atoms with Crippen molar-refractivity contribution in [2.75, 3.05) is 0 Å². The molecule has 0 aliphatic heterocycles. The van der Waals surface area contributed by atoms with Crippen molar-refractivity contribution in [1.29, 1.82) is 0 Å². The van der Waals surface area contributed by atoms with E-state index in [1.165, 1.54) is 11.8 Å². The molecule has 0 bridgehead atoms. The van der Waals surface area contributed by atoms with Gasteiger partial charge < -0.3 is 0 Å². The maximum absolute atomic E-state index is 12.9. The molecule has 0 aliphatic carbocycles. The van der Waals surface area contributed by atoms with E-state index >= 15 is 0 Å². The number of rotatable bonds is 5. The highest BCUT2D eigenvalue weighted by Gasteiger charge is 2.16. The van der Waals surface area contributed by atoms with Gasteiger partial charge in [0.1, 0.15) is 0 Å². The van der Waals surface area contributed by atoms with Gasteiger partial charge in [0, 0.05) is 5.56 Å². The number of hydrogen-bond acceptors (Lipinski definition) is 4. The summed E-state index contributed by atoms with van der Waals surface area (Å²) in [6.07, 6.45) is 1.23. The Morgan fingerprint density at radius 1 is 1.29 bits per heavy atom. The number of aryl methyl sites for hydroxylation is 1. The lowest BCUT2D eigenvalue weighted by molar-refractivity contribution is 0.136. The first kappa shape index (κ1) is 16.2. The molecule has 9 heteroatoms. The molecule has 0 aliphatic rings. The van der Waals surface area contributed by atoms with Gasteiger partial charge in [0.25, 0.3) is 6.43 Å². The van der Waals surface area contributed by atoms with Gasteiger partial charge in [0.05, 0.1) is 18.1 Å². The van der Waals surface area contributed by atoms with E-state index in [1.807, 2.05) is 24.3 Å². The van der Waals surface area contributed by atoms with Gasteiger partial charge in [0.15, 0.2) is 0 Å². The van der Waals surface area contributed by atoms with Crippen LogP contribution in [0.4, 0.5) is 8.78 Å². The summed E-state index contributed by atoms with van der Waals surface area (Å²) in [5.41, 5.74) is 3.58. The lowest BCUT2D eigenvalue weighted by atomic mass is 10.0. The molecule has 2 aromatic heterocycles. The lowest BCUT2D eigenvalue weighted by Gasteiger charge is -2.02. The molecule has 6 nitrogen and oxygen atoms in total. The Kier molecular flexibility index (Phi) is 4.61. The summed E-state index contributed by atoms with van der Waals surface area (Å²) in [5, 5.41) is 16.6. The fraction of sp³-hybridized carbons (Fsp3) is 0.200. The molecular weight excluding hydrogens is 334 g/mol. The van der Waals surface area contributed by atoms with E-state index < -0.39 is 12.2 Å². The Hall–Kier alpha value is -2.68. The Morgan fingerprint density at radius 2 is 2.04 bits per heavy atom. The van der Waals surface area contributed by atoms with Gasteiger partial charge in [-0.1, -0.05) is 31.2 Å². The first-order valence-electron chi connectivity index (χ1n) is 7.22. The van der Waals surface area contributed by atoms with E-state index in [4.69, 9.17) is 12.2 Å². The highest BCUT2D eigenvalue weighted by atomic mass is 32.1. The molecule has 3 rings (SSSR count). The Labute approximate surface area is 141 Å². The number of hydrogen-bond donors (Lipinski definition) is 2. The Morgan fingerprint density at radius 3 is 2.71 bits per heavy atom. The highest BCUT2D eigenvalue weighted by molar-refractivity contribution is 7.71. The predicted octanol–water partition coefficient (Wildman–Crippen LogP) is 3.71. The smallest absolute Gasteiger partial charge is 0.276 e. The Bertz CT molecular complexity index is 907. The number of nitrogens with zero attached hydrogens (tertiary/aromatic N) is 4. The van der Waals surface area contributed by atoms with Gasteiger partial charge in [-0.15, -0.1) is 0 Å². The zero-order valence-electron chi connectivity index (χ0n) is 12.7. The molecule has 124 valence electrons. The van der Waals surface area contributed by atoms with E-state index in [2.05, 4.69) is 32.4 Å². The number of benzene rings is 1. The summed E-state index contributed by atoms with van der Waals surface area (Å²) < 4.78 is 26.6. The topological polar surface area (TPSA) is 74.7 Å². The number of H-pyrrole nitrogens is 2. The average molecular weight is 348 g/mol. The van der Waals surface area contributed by atoms with Gasteiger partial charge in [-0.05, 0) is 29.8 Å². The predicted molar refractivity (Wildman–Crippen MR) is 88.8 cm³/mol. The third kappa shape index (κ3) is 3.16. The van der Waals surface area contributed by atoms with Crippen molar-refractivity contribution < 1.29 is 8.78 Å². The zero-order chi connectivity index (χ0) is 17.1. The van der Waals surface area contributed by atoms with Crippen LogP contribution in [-0.2, 0) is 6.42 Å². The minimum atomic E-state index is -2.78. The van der Waals surface area contributed by atoms with E-state index in [0.717, 1.165) is 22.2 Å². The lowest BCUT2D eigenvalue weighted by Crippen LogP contribution is -2.00. The summed E-state index contributed by atoms with van der Waals surface area (Å²) in [5.74, 6) is -0.537. The highest BCUT2D eigenvalue weighted by Crippen LogP contribution is 2.22. The fourth-order valence-electron chi connectivity index (χ4n) is 2.22. The van der Waals surface area contributed by atoms with E-state index in [9.17, 15) is 8.78 Å². The minimum Gasteiger partial charge on any atom is -0.276 e. The zero-order valence-corrected chi connectivity index (χ0v) is 13.5. The van der Waals surface area contributed by atoms with Gasteiger partial charge in [-0.25, -0.2) is 13.9 Å². The molecule has 3 aromatic rings. The monoisotopic (exact) mass is 348 g/mol. The molecule has 0 amide bonds. The number of aromatic amines is 2. The van der Waals surface area contributed by atoms with Crippen molar-refractivity contribution in [3.8, 4) is 11.1 Å². The SMILES string of the molecule is CCc1ccc(-c2cn[nH]c2/C=N\n2c(C(F)F)n[nH]c2=S)cc1. The molecule has 2 N–H and O–H groups in total. The summed E-state index contributed by atoms with van der Waals surface area (Å²) in [7, 11) is 0. The van der Waals surface area contributed by atoms with Crippen LogP contribution >= 0.6 is 12.2 Å². The van der Waals surface area contributed by atoms with Crippen LogP contribution in [0.1, 0.15) is 30.4 Å². The first-order chi connectivity index (χ1) is 11.6. The second-order valence-electron chi connectivity index (χ2n) is 4.99. The van der Waals surface area contributed by atoms with Crippen molar-refractivity contribution in [3.05, 3.63) is 52.3 Å². The van der Waals surface area contributed by atoms with Crippen molar-refractivity contribution in [1.82, 2.24) is 25.1 Å². The summed E-state index contributed by atoms with van der Waals surface area (Å²) in [6.45, 7) is 2.08. The molecule has 2 heterocycles. The van der Waals surface area contributed by atoms with Crippen LogP contribution < -0.4 is 0 Å². The van der Waals surface area contributed by atoms with Crippen LogP contribution in [-0.4, -0.2) is 31.3 Å². The third-order valence-corrected chi connectivity index (χ3v) is 3.78. The number of aromatic nitrogens is 5. The molecule has 0 spiro atoms. The molecule has 0 saturated carbocycles. The van der Waals surface area contributed by atoms with Gasteiger partial charge >= 0.3 is 0 Å². The second-order valence-corrected chi connectivity index (χ2v) is 5.38. The summed E-state index contributed by atoms with van der Waals surface area (Å²) in [4.78, 5) is 0. The summed E-state index contributed by atoms with van der Waals surface area (Å²) in [6, 6.07) is 8.03. The molecule has 0 saturated heterocycles. The molecule has 0 unspecified atom stereocenters. The normalized spacial score (nSPS) is 11.7.